The Morgan fingerprint density at radius 3 is 3.08 bits per heavy atom. The second-order valence-electron chi connectivity index (χ2n) is 2.51. The largest absolute Gasteiger partial charge is 0.382 e. The van der Waals surface area contributed by atoms with E-state index in [1.807, 2.05) is 17.5 Å². The van der Waals surface area contributed by atoms with Crippen LogP contribution < -0.4 is 11.3 Å². The van der Waals surface area contributed by atoms with E-state index < -0.39 is 0 Å². The minimum absolute atomic E-state index is 0.211. The number of aromatic nitrogens is 2. The molecular weight excluding hydrogens is 186 g/mol. The molecule has 0 unspecified atom stereocenters. The highest BCUT2D eigenvalue weighted by Gasteiger charge is 2.04. The van der Waals surface area contributed by atoms with Crippen molar-refractivity contribution < 1.29 is 0 Å². The lowest BCUT2D eigenvalue weighted by Gasteiger charge is -1.95. The SMILES string of the molecule is Nc1cc(-c2cccs2)c(=O)[nH]n1. The molecule has 2 heterocycles. The average Bonchev–Trinajstić information content (AvgIpc) is 2.61. The summed E-state index contributed by atoms with van der Waals surface area (Å²) < 4.78 is 0. The molecule has 4 nitrogen and oxygen atoms in total. The number of rotatable bonds is 1. The Morgan fingerprint density at radius 2 is 2.38 bits per heavy atom. The van der Waals surface area contributed by atoms with E-state index in [0.717, 1.165) is 4.88 Å². The van der Waals surface area contributed by atoms with E-state index in [1.165, 1.54) is 11.3 Å². The van der Waals surface area contributed by atoms with Gasteiger partial charge >= 0.3 is 0 Å². The molecule has 0 aliphatic rings. The van der Waals surface area contributed by atoms with Gasteiger partial charge in [-0.3, -0.25) is 4.79 Å². The number of H-pyrrole nitrogens is 1. The van der Waals surface area contributed by atoms with Crippen molar-refractivity contribution >= 4 is 17.2 Å². The molecule has 0 aromatic carbocycles. The molecule has 66 valence electrons. The molecule has 0 fully saturated rings. The number of hydrogen-bond donors (Lipinski definition) is 2. The van der Waals surface area contributed by atoms with Gasteiger partial charge in [-0.1, -0.05) is 6.07 Å². The van der Waals surface area contributed by atoms with Crippen molar-refractivity contribution in [2.75, 3.05) is 5.73 Å². The lowest BCUT2D eigenvalue weighted by molar-refractivity contribution is 1.00. The molecule has 0 aliphatic carbocycles. The number of nitrogen functional groups attached to an aromatic ring is 1. The molecule has 0 saturated heterocycles. The second-order valence-corrected chi connectivity index (χ2v) is 3.46. The van der Waals surface area contributed by atoms with Gasteiger partial charge in [0.25, 0.3) is 5.56 Å². The fourth-order valence-electron chi connectivity index (χ4n) is 1.04. The molecule has 0 amide bonds. The Morgan fingerprint density at radius 1 is 1.54 bits per heavy atom. The first-order chi connectivity index (χ1) is 6.27. The summed E-state index contributed by atoms with van der Waals surface area (Å²) in [5.74, 6) is 0.322. The van der Waals surface area contributed by atoms with Gasteiger partial charge in [-0.25, -0.2) is 5.10 Å². The Bertz CT molecular complexity index is 460. The first kappa shape index (κ1) is 8.00. The lowest BCUT2D eigenvalue weighted by atomic mass is 10.2. The van der Waals surface area contributed by atoms with Gasteiger partial charge in [-0.15, -0.1) is 11.3 Å². The van der Waals surface area contributed by atoms with Crippen molar-refractivity contribution in [1.29, 1.82) is 0 Å². The number of thiophene rings is 1. The van der Waals surface area contributed by atoms with E-state index in [2.05, 4.69) is 10.2 Å². The topological polar surface area (TPSA) is 71.8 Å². The van der Waals surface area contributed by atoms with Crippen molar-refractivity contribution in [2.24, 2.45) is 0 Å². The van der Waals surface area contributed by atoms with Crippen molar-refractivity contribution in [3.05, 3.63) is 33.9 Å². The molecule has 0 spiro atoms. The number of aromatic amines is 1. The summed E-state index contributed by atoms with van der Waals surface area (Å²) >= 11 is 1.50. The van der Waals surface area contributed by atoms with Crippen LogP contribution in [0.1, 0.15) is 0 Å². The van der Waals surface area contributed by atoms with Crippen molar-refractivity contribution in [3.63, 3.8) is 0 Å². The van der Waals surface area contributed by atoms with Crippen LogP contribution in [0.2, 0.25) is 0 Å². The first-order valence-corrected chi connectivity index (χ1v) is 4.54. The van der Waals surface area contributed by atoms with Gasteiger partial charge in [0, 0.05) is 4.88 Å². The molecule has 13 heavy (non-hydrogen) atoms. The molecule has 3 N–H and O–H groups in total. The monoisotopic (exact) mass is 193 g/mol. The van der Waals surface area contributed by atoms with Crippen LogP contribution >= 0.6 is 11.3 Å². The van der Waals surface area contributed by atoms with Gasteiger partial charge in [0.05, 0.1) is 5.56 Å². The Labute approximate surface area is 78.0 Å². The molecular formula is C8H7N3OS. The zero-order valence-corrected chi connectivity index (χ0v) is 7.47. The van der Waals surface area contributed by atoms with E-state index in [-0.39, 0.29) is 5.56 Å². The fourth-order valence-corrected chi connectivity index (χ4v) is 1.78. The molecule has 0 radical (unpaired) electrons. The van der Waals surface area contributed by atoms with Crippen molar-refractivity contribution in [1.82, 2.24) is 10.2 Å². The third-order valence-electron chi connectivity index (χ3n) is 1.61. The first-order valence-electron chi connectivity index (χ1n) is 3.66. The summed E-state index contributed by atoms with van der Waals surface area (Å²) in [6.07, 6.45) is 0. The van der Waals surface area contributed by atoms with E-state index in [1.54, 1.807) is 6.07 Å². The minimum Gasteiger partial charge on any atom is -0.382 e. The van der Waals surface area contributed by atoms with Crippen LogP contribution in [0.25, 0.3) is 10.4 Å². The summed E-state index contributed by atoms with van der Waals surface area (Å²) in [6, 6.07) is 5.33. The molecule has 0 aliphatic heterocycles. The average molecular weight is 193 g/mol. The van der Waals surface area contributed by atoms with E-state index in [9.17, 15) is 4.79 Å². The van der Waals surface area contributed by atoms with Gasteiger partial charge in [0.2, 0.25) is 0 Å². The van der Waals surface area contributed by atoms with Gasteiger partial charge < -0.3 is 5.73 Å². The van der Waals surface area contributed by atoms with Gasteiger partial charge in [0.15, 0.2) is 0 Å². The molecule has 2 rings (SSSR count). The quantitative estimate of drug-likeness (QED) is 0.711. The van der Waals surface area contributed by atoms with Crippen LogP contribution in [0.3, 0.4) is 0 Å². The van der Waals surface area contributed by atoms with Crippen LogP contribution in [0.4, 0.5) is 5.82 Å². The van der Waals surface area contributed by atoms with E-state index in [0.29, 0.717) is 11.4 Å². The summed E-state index contributed by atoms with van der Waals surface area (Å²) in [5, 5.41) is 7.83. The maximum atomic E-state index is 11.3. The molecule has 2 aromatic heterocycles. The zero-order valence-electron chi connectivity index (χ0n) is 6.65. The predicted octanol–water partition coefficient (Wildman–Crippen LogP) is 1.08. The third-order valence-corrected chi connectivity index (χ3v) is 2.51. The summed E-state index contributed by atoms with van der Waals surface area (Å²) in [7, 11) is 0. The minimum atomic E-state index is -0.211. The van der Waals surface area contributed by atoms with Crippen molar-refractivity contribution in [3.8, 4) is 10.4 Å². The molecule has 0 bridgehead atoms. The van der Waals surface area contributed by atoms with Crippen LogP contribution in [0, 0.1) is 0 Å². The molecule has 2 aromatic rings. The summed E-state index contributed by atoms with van der Waals surface area (Å²) in [6.45, 7) is 0. The highest BCUT2D eigenvalue weighted by Crippen LogP contribution is 2.21. The van der Waals surface area contributed by atoms with Crippen LogP contribution in [-0.2, 0) is 0 Å². The fraction of sp³-hybridized carbons (Fsp3) is 0. The predicted molar refractivity (Wildman–Crippen MR) is 52.6 cm³/mol. The maximum absolute atomic E-state index is 11.3. The Balaban J connectivity index is 2.64. The number of hydrogen-bond acceptors (Lipinski definition) is 4. The highest BCUT2D eigenvalue weighted by atomic mass is 32.1. The van der Waals surface area contributed by atoms with E-state index >= 15 is 0 Å². The molecule has 0 atom stereocenters. The normalized spacial score (nSPS) is 10.2. The van der Waals surface area contributed by atoms with Crippen LogP contribution in [0.15, 0.2) is 28.4 Å². The van der Waals surface area contributed by atoms with Gasteiger partial charge in [0.1, 0.15) is 5.82 Å². The standard InChI is InChI=1S/C8H7N3OS/c9-7-4-5(8(12)11-10-7)6-2-1-3-13-6/h1-4H,(H2,9,10)(H,11,12). The number of anilines is 1. The smallest absolute Gasteiger partial charge is 0.273 e. The Hall–Kier alpha value is -1.62. The second kappa shape index (κ2) is 3.02. The highest BCUT2D eigenvalue weighted by molar-refractivity contribution is 7.13. The lowest BCUT2D eigenvalue weighted by Crippen LogP contribution is -2.11. The van der Waals surface area contributed by atoms with Crippen LogP contribution in [0.5, 0.6) is 0 Å². The third kappa shape index (κ3) is 1.46. The zero-order chi connectivity index (χ0) is 9.26. The Kier molecular flexibility index (Phi) is 1.86. The summed E-state index contributed by atoms with van der Waals surface area (Å²) in [5.41, 5.74) is 5.82. The molecule has 0 saturated carbocycles. The van der Waals surface area contributed by atoms with Crippen LogP contribution in [-0.4, -0.2) is 10.2 Å². The molecule has 5 heteroatoms. The van der Waals surface area contributed by atoms with E-state index in [4.69, 9.17) is 5.73 Å². The maximum Gasteiger partial charge on any atom is 0.273 e. The summed E-state index contributed by atoms with van der Waals surface area (Å²) in [4.78, 5) is 12.2. The number of nitrogens with one attached hydrogen (secondary N) is 1. The van der Waals surface area contributed by atoms with Gasteiger partial charge in [-0.05, 0) is 17.5 Å². The van der Waals surface area contributed by atoms with Gasteiger partial charge in [-0.2, -0.15) is 5.10 Å². The van der Waals surface area contributed by atoms with Crippen molar-refractivity contribution in [2.45, 2.75) is 0 Å². The number of nitrogens with zero attached hydrogens (tertiary/aromatic N) is 1. The number of nitrogens with two attached hydrogens (primary N) is 1.